The molecule has 4 N–H and O–H groups in total. The minimum atomic E-state index is -4.67. The summed E-state index contributed by atoms with van der Waals surface area (Å²) in [7, 11) is -13.0. The van der Waals surface area contributed by atoms with Gasteiger partial charge in [0.2, 0.25) is 9.84 Å². The van der Waals surface area contributed by atoms with Crippen LogP contribution in [0.5, 0.6) is 5.75 Å². The molecule has 0 saturated carbocycles. The Balaban J connectivity index is 2.28. The molecule has 0 aliphatic carbocycles. The molecular formula is C19H17N3O9S3. The molecule has 0 spiro atoms. The molecule has 180 valence electrons. The number of nitrogens with zero attached hydrogens (tertiary/aromatic N) is 2. The van der Waals surface area contributed by atoms with Gasteiger partial charge in [0.05, 0.1) is 20.9 Å². The van der Waals surface area contributed by atoms with Crippen molar-refractivity contribution < 1.29 is 39.5 Å². The first-order chi connectivity index (χ1) is 15.7. The van der Waals surface area contributed by atoms with E-state index >= 15 is 0 Å². The maximum atomic E-state index is 12.3. The van der Waals surface area contributed by atoms with Crippen LogP contribution in [-0.2, 0) is 30.1 Å². The molecule has 0 atom stereocenters. The third kappa shape index (κ3) is 5.57. The van der Waals surface area contributed by atoms with Gasteiger partial charge in [0, 0.05) is 11.5 Å². The highest BCUT2D eigenvalue weighted by Crippen LogP contribution is 2.42. The van der Waals surface area contributed by atoms with Gasteiger partial charge in [-0.2, -0.15) is 16.8 Å². The van der Waals surface area contributed by atoms with Gasteiger partial charge in [0.25, 0.3) is 20.2 Å². The minimum Gasteiger partial charge on any atom is -0.507 e. The number of anilines is 1. The normalized spacial score (nSPS) is 12.8. The topological polar surface area (TPSA) is 200 Å². The Morgan fingerprint density at radius 3 is 2.24 bits per heavy atom. The number of azo groups is 1. The number of rotatable bonds is 8. The second-order valence-corrected chi connectivity index (χ2v) is 11.5. The molecule has 3 rings (SSSR count). The molecule has 0 bridgehead atoms. The van der Waals surface area contributed by atoms with Crippen LogP contribution >= 0.6 is 0 Å². The van der Waals surface area contributed by atoms with E-state index in [1.165, 1.54) is 36.4 Å². The highest BCUT2D eigenvalue weighted by Gasteiger charge is 2.19. The van der Waals surface area contributed by atoms with Crippen LogP contribution in [0, 0.1) is 0 Å². The fourth-order valence-electron chi connectivity index (χ4n) is 2.94. The van der Waals surface area contributed by atoms with Crippen LogP contribution in [0.25, 0.3) is 10.8 Å². The molecule has 34 heavy (non-hydrogen) atoms. The van der Waals surface area contributed by atoms with Gasteiger partial charge in [-0.15, -0.1) is 10.2 Å². The third-order valence-electron chi connectivity index (χ3n) is 4.43. The van der Waals surface area contributed by atoms with Crippen LogP contribution < -0.4 is 5.32 Å². The first-order valence-corrected chi connectivity index (χ1v) is 13.7. The van der Waals surface area contributed by atoms with Gasteiger partial charge in [-0.05, 0) is 29.7 Å². The van der Waals surface area contributed by atoms with E-state index in [0.717, 1.165) is 17.5 Å². The van der Waals surface area contributed by atoms with Crippen LogP contribution in [0.4, 0.5) is 17.1 Å². The largest absolute Gasteiger partial charge is 0.507 e. The Bertz CT molecular complexity index is 1650. The summed E-state index contributed by atoms with van der Waals surface area (Å²) in [4.78, 5) is -0.833. The maximum Gasteiger partial charge on any atom is 0.294 e. The molecule has 0 fully saturated rings. The number of hydrogen-bond donors (Lipinski definition) is 4. The van der Waals surface area contributed by atoms with Crippen molar-refractivity contribution in [1.82, 2.24) is 0 Å². The summed E-state index contributed by atoms with van der Waals surface area (Å²) in [6, 6.07) is 9.90. The van der Waals surface area contributed by atoms with Crippen molar-refractivity contribution in [2.24, 2.45) is 10.2 Å². The molecule has 3 aromatic rings. The predicted molar refractivity (Wildman–Crippen MR) is 123 cm³/mol. The van der Waals surface area contributed by atoms with Crippen molar-refractivity contribution in [3.8, 4) is 5.75 Å². The molecule has 0 unspecified atom stereocenters. The van der Waals surface area contributed by atoms with Gasteiger partial charge >= 0.3 is 0 Å². The highest BCUT2D eigenvalue weighted by atomic mass is 32.2. The summed E-state index contributed by atoms with van der Waals surface area (Å²) >= 11 is 0. The Morgan fingerprint density at radius 2 is 1.62 bits per heavy atom. The quantitative estimate of drug-likeness (QED) is 0.248. The van der Waals surface area contributed by atoms with Gasteiger partial charge in [-0.3, -0.25) is 9.11 Å². The fraction of sp³-hybridized carbons (Fsp3) is 0.0526. The van der Waals surface area contributed by atoms with Crippen molar-refractivity contribution in [2.75, 3.05) is 11.2 Å². The van der Waals surface area contributed by atoms with Crippen molar-refractivity contribution in [3.05, 3.63) is 60.5 Å². The molecule has 0 amide bonds. The zero-order valence-electron chi connectivity index (χ0n) is 17.0. The molecule has 0 saturated heterocycles. The van der Waals surface area contributed by atoms with Gasteiger partial charge in [0.15, 0.2) is 0 Å². The summed E-state index contributed by atoms with van der Waals surface area (Å²) in [6.07, 6.45) is 0. The lowest BCUT2D eigenvalue weighted by atomic mass is 10.1. The maximum absolute atomic E-state index is 12.3. The lowest BCUT2D eigenvalue weighted by Gasteiger charge is -2.12. The first-order valence-electron chi connectivity index (χ1n) is 9.07. The van der Waals surface area contributed by atoms with Gasteiger partial charge in [-0.1, -0.05) is 24.8 Å². The van der Waals surface area contributed by atoms with Crippen LogP contribution in [0.1, 0.15) is 0 Å². The Morgan fingerprint density at radius 1 is 0.941 bits per heavy atom. The zero-order valence-corrected chi connectivity index (χ0v) is 19.5. The van der Waals surface area contributed by atoms with E-state index in [1.54, 1.807) is 0 Å². The van der Waals surface area contributed by atoms with Crippen LogP contribution in [0.2, 0.25) is 0 Å². The molecule has 15 heteroatoms. The number of phenols is 1. The van der Waals surface area contributed by atoms with Crippen LogP contribution in [-0.4, -0.2) is 45.3 Å². The molecule has 0 aromatic heterocycles. The predicted octanol–water partition coefficient (Wildman–Crippen LogP) is 3.38. The Kier molecular flexibility index (Phi) is 6.77. The number of phenolic OH excluding ortho intramolecular Hbond substituents is 1. The summed E-state index contributed by atoms with van der Waals surface area (Å²) in [5, 5.41) is 21.5. The van der Waals surface area contributed by atoms with Gasteiger partial charge in [0.1, 0.15) is 23.0 Å². The highest BCUT2D eigenvalue weighted by molar-refractivity contribution is 7.94. The average Bonchev–Trinajstić information content (AvgIpc) is 2.75. The average molecular weight is 528 g/mol. The minimum absolute atomic E-state index is 0.0483. The number of aromatic hydroxyl groups is 1. The van der Waals surface area contributed by atoms with Crippen molar-refractivity contribution in [3.63, 3.8) is 0 Å². The lowest BCUT2D eigenvalue weighted by molar-refractivity contribution is 0.471. The Labute approximate surface area is 194 Å². The van der Waals surface area contributed by atoms with E-state index in [0.29, 0.717) is 0 Å². The van der Waals surface area contributed by atoms with Gasteiger partial charge in [-0.25, -0.2) is 8.42 Å². The van der Waals surface area contributed by atoms with Crippen LogP contribution in [0.3, 0.4) is 0 Å². The van der Waals surface area contributed by atoms with E-state index in [4.69, 9.17) is 4.55 Å². The number of sulfone groups is 1. The van der Waals surface area contributed by atoms with E-state index in [-0.39, 0.29) is 32.7 Å². The monoisotopic (exact) mass is 527 g/mol. The van der Waals surface area contributed by atoms with E-state index < -0.39 is 46.6 Å². The summed E-state index contributed by atoms with van der Waals surface area (Å²) in [5.74, 6) is -1.59. The number of hydrogen-bond acceptors (Lipinski definition) is 10. The van der Waals surface area contributed by atoms with Crippen LogP contribution in [0.15, 0.2) is 80.5 Å². The lowest BCUT2D eigenvalue weighted by Crippen LogP contribution is -2.13. The third-order valence-corrected chi connectivity index (χ3v) is 7.17. The SMILES string of the molecule is C=CS(=O)(=O)c1ccccc1N=Nc1c(NCS(=O)(=O)O)ccc2cc(S(=O)(=O)O)cc(O)c12. The Hall–Kier alpha value is -3.37. The molecule has 0 heterocycles. The summed E-state index contributed by atoms with van der Waals surface area (Å²) < 4.78 is 88.3. The smallest absolute Gasteiger partial charge is 0.294 e. The molecule has 3 aromatic carbocycles. The molecule has 12 nitrogen and oxygen atoms in total. The van der Waals surface area contributed by atoms with E-state index in [1.807, 2.05) is 0 Å². The standard InChI is InChI=1S/C19H17N3O9S3/c1-2-32(24,25)17-6-4-3-5-14(17)21-22-19-15(20-11-33(26,27)28)8-7-12-9-13(34(29,30)31)10-16(23)18(12)19/h2-10,20,23H,1,11H2,(H,26,27,28)(H,29,30,31). The molecular weight excluding hydrogens is 510 g/mol. The molecule has 0 aliphatic heterocycles. The second-order valence-electron chi connectivity index (χ2n) is 6.76. The molecule has 0 aliphatic rings. The van der Waals surface area contributed by atoms with Gasteiger partial charge < -0.3 is 10.4 Å². The second kappa shape index (κ2) is 9.11. The van der Waals surface area contributed by atoms with Crippen molar-refractivity contribution in [2.45, 2.75) is 9.79 Å². The number of benzene rings is 3. The molecule has 0 radical (unpaired) electrons. The van der Waals surface area contributed by atoms with Crippen molar-refractivity contribution in [1.29, 1.82) is 0 Å². The summed E-state index contributed by atoms with van der Waals surface area (Å²) in [6.45, 7) is 3.26. The van der Waals surface area contributed by atoms with E-state index in [9.17, 15) is 34.9 Å². The first kappa shape index (κ1) is 25.3. The summed E-state index contributed by atoms with van der Waals surface area (Å²) in [5.41, 5.74) is -0.353. The zero-order chi connectivity index (χ0) is 25.3. The van der Waals surface area contributed by atoms with Crippen molar-refractivity contribution >= 4 is 57.9 Å². The fourth-order valence-corrected chi connectivity index (χ4v) is 4.66. The number of fused-ring (bicyclic) bond motifs is 1. The van der Waals surface area contributed by atoms with E-state index in [2.05, 4.69) is 22.1 Å². The number of nitrogens with one attached hydrogen (secondary N) is 1.